The fourth-order valence-corrected chi connectivity index (χ4v) is 0.415. The first-order valence-corrected chi connectivity index (χ1v) is 2.68. The number of rotatable bonds is 0. The van der Waals surface area contributed by atoms with Gasteiger partial charge >= 0.3 is 0 Å². The summed E-state index contributed by atoms with van der Waals surface area (Å²) in [5.74, 6) is -0.178. The second-order valence-electron chi connectivity index (χ2n) is 1.30. The van der Waals surface area contributed by atoms with Crippen molar-refractivity contribution in [2.45, 2.75) is 7.43 Å². The molecule has 1 rings (SSSR count). The fourth-order valence-electron chi connectivity index (χ4n) is 0.415. The highest BCUT2D eigenvalue weighted by molar-refractivity contribution is 5.02. The molecule has 0 saturated carbocycles. The predicted molar refractivity (Wildman–Crippen MR) is 43.2 cm³/mol. The molecule has 0 radical (unpaired) electrons. The molecule has 58 valence electrons. The van der Waals surface area contributed by atoms with E-state index in [1.807, 2.05) is 0 Å². The average molecular weight is 143 g/mol. The van der Waals surface area contributed by atoms with Gasteiger partial charge in [0.1, 0.15) is 5.82 Å². The van der Waals surface area contributed by atoms with E-state index in [4.69, 9.17) is 0 Å². The van der Waals surface area contributed by atoms with Gasteiger partial charge in [-0.15, -0.1) is 0 Å². The topological polar surface area (TPSA) is 26.0 Å². The van der Waals surface area contributed by atoms with Crippen molar-refractivity contribution in [2.75, 3.05) is 7.05 Å². The van der Waals surface area contributed by atoms with E-state index in [1.165, 1.54) is 19.2 Å². The van der Waals surface area contributed by atoms with Crippen molar-refractivity contribution in [1.82, 2.24) is 0 Å². The van der Waals surface area contributed by atoms with Gasteiger partial charge in [-0.1, -0.05) is 25.6 Å². The highest BCUT2D eigenvalue weighted by Crippen LogP contribution is 1.91. The predicted octanol–water partition coefficient (Wildman–Crippen LogP) is 2.04. The van der Waals surface area contributed by atoms with Gasteiger partial charge in [-0.05, 0) is 19.2 Å². The van der Waals surface area contributed by atoms with Crippen molar-refractivity contribution in [2.24, 2.45) is 5.73 Å². The highest BCUT2D eigenvalue weighted by Gasteiger charge is 1.77. The van der Waals surface area contributed by atoms with Crippen LogP contribution in [0.3, 0.4) is 0 Å². The Bertz CT molecular complexity index is 139. The zero-order chi connectivity index (χ0) is 7.11. The van der Waals surface area contributed by atoms with Crippen molar-refractivity contribution in [3.05, 3.63) is 36.1 Å². The summed E-state index contributed by atoms with van der Waals surface area (Å²) < 4.78 is 11.9. The Morgan fingerprint density at radius 3 is 1.70 bits per heavy atom. The second kappa shape index (κ2) is 8.11. The Labute approximate surface area is 61.7 Å². The van der Waals surface area contributed by atoms with Crippen LogP contribution < -0.4 is 5.73 Å². The van der Waals surface area contributed by atoms with Crippen LogP contribution in [-0.4, -0.2) is 7.05 Å². The summed E-state index contributed by atoms with van der Waals surface area (Å²) in [6.45, 7) is 0. The molecule has 0 bridgehead atoms. The summed E-state index contributed by atoms with van der Waals surface area (Å²) in [4.78, 5) is 0. The molecule has 1 aromatic rings. The number of benzene rings is 1. The molecule has 2 heteroatoms. The highest BCUT2D eigenvalue weighted by atomic mass is 19.1. The molecule has 2 N–H and O–H groups in total. The summed E-state index contributed by atoms with van der Waals surface area (Å²) in [7, 11) is 1.50. The van der Waals surface area contributed by atoms with Gasteiger partial charge in [0.05, 0.1) is 0 Å². The molecule has 0 aromatic heterocycles. The Morgan fingerprint density at radius 2 is 1.50 bits per heavy atom. The Hall–Kier alpha value is -0.890. The summed E-state index contributed by atoms with van der Waals surface area (Å²) in [5, 5.41) is 0. The first-order chi connectivity index (χ1) is 4.39. The second-order valence-corrected chi connectivity index (χ2v) is 1.30. The molecule has 0 heterocycles. The molecule has 0 aliphatic carbocycles. The summed E-state index contributed by atoms with van der Waals surface area (Å²) in [6, 6.07) is 7.94. The maximum absolute atomic E-state index is 11.9. The van der Waals surface area contributed by atoms with Gasteiger partial charge in [0.15, 0.2) is 0 Å². The largest absolute Gasteiger partial charge is 0.333 e. The zero-order valence-electron chi connectivity index (χ0n) is 5.34. The number of halogens is 1. The van der Waals surface area contributed by atoms with Crippen molar-refractivity contribution >= 4 is 0 Å². The lowest BCUT2D eigenvalue weighted by Gasteiger charge is -1.78. The van der Waals surface area contributed by atoms with Gasteiger partial charge in [0.25, 0.3) is 0 Å². The van der Waals surface area contributed by atoms with Gasteiger partial charge in [-0.2, -0.15) is 0 Å². The molecule has 0 unspecified atom stereocenters. The van der Waals surface area contributed by atoms with Crippen LogP contribution in [0.2, 0.25) is 0 Å². The van der Waals surface area contributed by atoms with Crippen LogP contribution in [-0.2, 0) is 0 Å². The Morgan fingerprint density at radius 1 is 1.10 bits per heavy atom. The fraction of sp³-hybridized carbons (Fsp3) is 0.250. The summed E-state index contributed by atoms with van der Waals surface area (Å²) in [6.07, 6.45) is 0. The van der Waals surface area contributed by atoms with E-state index in [2.05, 4.69) is 5.73 Å². The van der Waals surface area contributed by atoms with Crippen LogP contribution in [0.15, 0.2) is 30.3 Å². The Balaban J connectivity index is 0. The quantitative estimate of drug-likeness (QED) is 0.591. The van der Waals surface area contributed by atoms with E-state index in [0.29, 0.717) is 0 Å². The maximum Gasteiger partial charge on any atom is 0.123 e. The Kier molecular flexibility index (Phi) is 9.61. The molecule has 0 aliphatic rings. The number of hydrogen-bond acceptors (Lipinski definition) is 1. The smallest absolute Gasteiger partial charge is 0.123 e. The first kappa shape index (κ1) is 11.9. The maximum atomic E-state index is 11.9. The van der Waals surface area contributed by atoms with Crippen LogP contribution in [0.4, 0.5) is 4.39 Å². The minimum atomic E-state index is -0.178. The van der Waals surface area contributed by atoms with Gasteiger partial charge in [0.2, 0.25) is 0 Å². The van der Waals surface area contributed by atoms with E-state index in [0.717, 1.165) is 0 Å². The minimum Gasteiger partial charge on any atom is -0.333 e. The van der Waals surface area contributed by atoms with E-state index < -0.39 is 0 Å². The molecule has 0 amide bonds. The molecule has 0 aliphatic heterocycles. The van der Waals surface area contributed by atoms with Gasteiger partial charge in [-0.3, -0.25) is 0 Å². The third-order valence-corrected chi connectivity index (χ3v) is 0.733. The van der Waals surface area contributed by atoms with Crippen LogP contribution in [0.1, 0.15) is 7.43 Å². The number of hydrogen-bond donors (Lipinski definition) is 1. The van der Waals surface area contributed by atoms with Crippen LogP contribution in [0.5, 0.6) is 0 Å². The van der Waals surface area contributed by atoms with Crippen molar-refractivity contribution in [3.8, 4) is 0 Å². The lowest BCUT2D eigenvalue weighted by atomic mass is 10.4. The normalized spacial score (nSPS) is 6.70. The molecule has 0 fully saturated rings. The minimum absolute atomic E-state index is 0. The molecule has 0 saturated heterocycles. The van der Waals surface area contributed by atoms with E-state index in [1.54, 1.807) is 18.2 Å². The number of nitrogens with two attached hydrogens (primary N) is 1. The molecular weight excluding hydrogens is 129 g/mol. The lowest BCUT2D eigenvalue weighted by Crippen LogP contribution is -1.69. The van der Waals surface area contributed by atoms with Crippen molar-refractivity contribution in [3.63, 3.8) is 0 Å². The van der Waals surface area contributed by atoms with Gasteiger partial charge in [-0.25, -0.2) is 4.39 Å². The van der Waals surface area contributed by atoms with Gasteiger partial charge in [0, 0.05) is 0 Å². The zero-order valence-corrected chi connectivity index (χ0v) is 5.34. The SMILES string of the molecule is C.CN.Fc1ccccc1. The van der Waals surface area contributed by atoms with E-state index in [9.17, 15) is 4.39 Å². The van der Waals surface area contributed by atoms with Crippen LogP contribution in [0, 0.1) is 5.82 Å². The third-order valence-electron chi connectivity index (χ3n) is 0.733. The van der Waals surface area contributed by atoms with Gasteiger partial charge < -0.3 is 5.73 Å². The summed E-state index contributed by atoms with van der Waals surface area (Å²) in [5.41, 5.74) is 4.50. The first-order valence-electron chi connectivity index (χ1n) is 2.68. The molecular formula is C8H14FN. The molecule has 0 atom stereocenters. The summed E-state index contributed by atoms with van der Waals surface area (Å²) >= 11 is 0. The monoisotopic (exact) mass is 143 g/mol. The van der Waals surface area contributed by atoms with Crippen molar-refractivity contribution in [1.29, 1.82) is 0 Å². The van der Waals surface area contributed by atoms with E-state index in [-0.39, 0.29) is 13.2 Å². The molecule has 1 aromatic carbocycles. The molecule has 1 nitrogen and oxygen atoms in total. The van der Waals surface area contributed by atoms with Crippen LogP contribution >= 0.6 is 0 Å². The lowest BCUT2D eigenvalue weighted by molar-refractivity contribution is 0.628. The third kappa shape index (κ3) is 5.25. The molecule has 10 heavy (non-hydrogen) atoms. The molecule has 0 spiro atoms. The van der Waals surface area contributed by atoms with E-state index >= 15 is 0 Å². The standard InChI is InChI=1S/C6H5F.CH5N.CH4/c7-6-4-2-1-3-5-6;1-2;/h1-5H;2H2,1H3;1H4. The average Bonchev–Trinajstić information content (AvgIpc) is 1.94. The van der Waals surface area contributed by atoms with Crippen molar-refractivity contribution < 1.29 is 4.39 Å². The van der Waals surface area contributed by atoms with Crippen LogP contribution in [0.25, 0.3) is 0 Å².